The molecular weight excluding hydrogens is 190 g/mol. The summed E-state index contributed by atoms with van der Waals surface area (Å²) in [6, 6.07) is 0. The second-order valence-electron chi connectivity index (χ2n) is 5.16. The molecule has 0 aromatic rings. The van der Waals surface area contributed by atoms with E-state index in [1.165, 1.54) is 0 Å². The lowest BCUT2D eigenvalue weighted by molar-refractivity contribution is -0.126. The molecule has 0 aromatic carbocycles. The first-order valence-corrected chi connectivity index (χ1v) is 5.38. The summed E-state index contributed by atoms with van der Waals surface area (Å²) < 4.78 is 0. The number of nitrogens with two attached hydrogens (primary N) is 1. The number of hydrogen-bond donors (Lipinski definition) is 2. The second kappa shape index (κ2) is 4.94. The summed E-state index contributed by atoms with van der Waals surface area (Å²) in [5.41, 5.74) is 5.02. The van der Waals surface area contributed by atoms with Gasteiger partial charge in [0, 0.05) is 12.1 Å². The van der Waals surface area contributed by atoms with E-state index in [2.05, 4.69) is 24.1 Å². The van der Waals surface area contributed by atoms with E-state index in [4.69, 9.17) is 5.73 Å². The van der Waals surface area contributed by atoms with Crippen molar-refractivity contribution in [2.75, 3.05) is 20.6 Å². The SMILES string of the molecule is CCC(C)(N)C(=O)NCC(C)(C)N(C)C. The van der Waals surface area contributed by atoms with E-state index in [1.54, 1.807) is 6.92 Å². The summed E-state index contributed by atoms with van der Waals surface area (Å²) in [6.45, 7) is 8.42. The third-order valence-electron chi connectivity index (χ3n) is 3.15. The fourth-order valence-electron chi connectivity index (χ4n) is 0.817. The van der Waals surface area contributed by atoms with Gasteiger partial charge in [0.25, 0.3) is 0 Å². The predicted molar refractivity (Wildman–Crippen MR) is 63.7 cm³/mol. The fourth-order valence-corrected chi connectivity index (χ4v) is 0.817. The molecular formula is C11H25N3O. The molecule has 0 fully saturated rings. The molecule has 0 bridgehead atoms. The van der Waals surface area contributed by atoms with Crippen LogP contribution >= 0.6 is 0 Å². The second-order valence-corrected chi connectivity index (χ2v) is 5.16. The Morgan fingerprint density at radius 3 is 2.13 bits per heavy atom. The van der Waals surface area contributed by atoms with Gasteiger partial charge in [0.15, 0.2) is 0 Å². The number of nitrogens with one attached hydrogen (secondary N) is 1. The number of carbonyl (C=O) groups is 1. The van der Waals surface area contributed by atoms with Crippen molar-refractivity contribution in [1.29, 1.82) is 0 Å². The molecule has 0 heterocycles. The van der Waals surface area contributed by atoms with Gasteiger partial charge in [-0.3, -0.25) is 4.79 Å². The van der Waals surface area contributed by atoms with Crippen molar-refractivity contribution in [3.63, 3.8) is 0 Å². The lowest BCUT2D eigenvalue weighted by Gasteiger charge is -2.34. The maximum absolute atomic E-state index is 11.7. The summed E-state index contributed by atoms with van der Waals surface area (Å²) >= 11 is 0. The quantitative estimate of drug-likeness (QED) is 0.705. The Morgan fingerprint density at radius 1 is 1.33 bits per heavy atom. The first-order valence-electron chi connectivity index (χ1n) is 5.38. The summed E-state index contributed by atoms with van der Waals surface area (Å²) in [4.78, 5) is 13.8. The van der Waals surface area contributed by atoms with Crippen LogP contribution in [-0.2, 0) is 4.79 Å². The smallest absolute Gasteiger partial charge is 0.239 e. The minimum atomic E-state index is -0.762. The highest BCUT2D eigenvalue weighted by molar-refractivity contribution is 5.85. The molecule has 0 saturated carbocycles. The monoisotopic (exact) mass is 215 g/mol. The van der Waals surface area contributed by atoms with Crippen LogP contribution < -0.4 is 11.1 Å². The number of nitrogens with zero attached hydrogens (tertiary/aromatic N) is 1. The summed E-state index contributed by atoms with van der Waals surface area (Å²) in [7, 11) is 3.99. The molecule has 0 rings (SSSR count). The van der Waals surface area contributed by atoms with E-state index in [0.717, 1.165) is 0 Å². The molecule has 4 heteroatoms. The van der Waals surface area contributed by atoms with Crippen LogP contribution in [0.3, 0.4) is 0 Å². The van der Waals surface area contributed by atoms with Gasteiger partial charge in [-0.2, -0.15) is 0 Å². The standard InChI is InChI=1S/C11H25N3O/c1-7-11(4,12)9(15)13-8-10(2,3)14(5)6/h7-8,12H2,1-6H3,(H,13,15). The van der Waals surface area contributed by atoms with Crippen molar-refractivity contribution in [2.24, 2.45) is 5.73 Å². The molecule has 15 heavy (non-hydrogen) atoms. The Hall–Kier alpha value is -0.610. The van der Waals surface area contributed by atoms with Gasteiger partial charge in [-0.1, -0.05) is 6.92 Å². The molecule has 90 valence electrons. The van der Waals surface area contributed by atoms with Crippen molar-refractivity contribution < 1.29 is 4.79 Å². The van der Waals surface area contributed by atoms with E-state index in [9.17, 15) is 4.79 Å². The van der Waals surface area contributed by atoms with E-state index >= 15 is 0 Å². The van der Waals surface area contributed by atoms with E-state index in [1.807, 2.05) is 21.0 Å². The van der Waals surface area contributed by atoms with E-state index < -0.39 is 5.54 Å². The van der Waals surface area contributed by atoms with Crippen LogP contribution in [0, 0.1) is 0 Å². The number of likely N-dealkylation sites (N-methyl/N-ethyl adjacent to an activating group) is 1. The largest absolute Gasteiger partial charge is 0.353 e. The molecule has 0 aliphatic heterocycles. The van der Waals surface area contributed by atoms with Gasteiger partial charge in [-0.25, -0.2) is 0 Å². The summed E-state index contributed by atoms with van der Waals surface area (Å²) in [6.07, 6.45) is 0.640. The molecule has 1 atom stereocenters. The molecule has 0 radical (unpaired) electrons. The van der Waals surface area contributed by atoms with Crippen LogP contribution in [0.5, 0.6) is 0 Å². The Morgan fingerprint density at radius 2 is 1.80 bits per heavy atom. The van der Waals surface area contributed by atoms with Crippen molar-refractivity contribution in [3.05, 3.63) is 0 Å². The molecule has 0 aliphatic rings. The molecule has 0 aliphatic carbocycles. The molecule has 1 unspecified atom stereocenters. The first-order chi connectivity index (χ1) is 6.63. The Kier molecular flexibility index (Phi) is 4.74. The Balaban J connectivity index is 4.24. The number of rotatable bonds is 5. The maximum atomic E-state index is 11.7. The Bertz CT molecular complexity index is 222. The molecule has 0 aromatic heterocycles. The third kappa shape index (κ3) is 4.18. The average Bonchev–Trinajstić information content (AvgIpc) is 2.13. The normalized spacial score (nSPS) is 16.3. The minimum absolute atomic E-state index is 0.0561. The summed E-state index contributed by atoms with van der Waals surface area (Å²) in [5.74, 6) is -0.0834. The predicted octanol–water partition coefficient (Wildman–Crippen LogP) is 0.570. The highest BCUT2D eigenvalue weighted by Crippen LogP contribution is 2.09. The van der Waals surface area contributed by atoms with Gasteiger partial charge in [0.2, 0.25) is 5.91 Å². The molecule has 3 N–H and O–H groups in total. The molecule has 0 spiro atoms. The highest BCUT2D eigenvalue weighted by atomic mass is 16.2. The van der Waals surface area contributed by atoms with Crippen molar-refractivity contribution in [2.45, 2.75) is 45.2 Å². The van der Waals surface area contributed by atoms with Gasteiger partial charge < -0.3 is 16.0 Å². The van der Waals surface area contributed by atoms with Crippen molar-refractivity contribution in [1.82, 2.24) is 10.2 Å². The fraction of sp³-hybridized carbons (Fsp3) is 0.909. The maximum Gasteiger partial charge on any atom is 0.239 e. The summed E-state index contributed by atoms with van der Waals surface area (Å²) in [5, 5.41) is 2.89. The first kappa shape index (κ1) is 14.4. The van der Waals surface area contributed by atoms with Crippen molar-refractivity contribution >= 4 is 5.91 Å². The van der Waals surface area contributed by atoms with Gasteiger partial charge in [0.05, 0.1) is 5.54 Å². The lowest BCUT2D eigenvalue weighted by Crippen LogP contribution is -2.56. The van der Waals surface area contributed by atoms with Crippen LogP contribution in [0.4, 0.5) is 0 Å². The molecule has 0 saturated heterocycles. The van der Waals surface area contributed by atoms with E-state index in [-0.39, 0.29) is 11.4 Å². The highest BCUT2D eigenvalue weighted by Gasteiger charge is 2.28. The molecule has 1 amide bonds. The van der Waals surface area contributed by atoms with Gasteiger partial charge >= 0.3 is 0 Å². The number of amides is 1. The topological polar surface area (TPSA) is 58.4 Å². The van der Waals surface area contributed by atoms with E-state index in [0.29, 0.717) is 13.0 Å². The average molecular weight is 215 g/mol. The third-order valence-corrected chi connectivity index (χ3v) is 3.15. The number of carbonyl (C=O) groups excluding carboxylic acids is 1. The zero-order valence-electron chi connectivity index (χ0n) is 10.8. The van der Waals surface area contributed by atoms with Crippen LogP contribution in [-0.4, -0.2) is 42.5 Å². The van der Waals surface area contributed by atoms with Crippen LogP contribution in [0.1, 0.15) is 34.1 Å². The minimum Gasteiger partial charge on any atom is -0.353 e. The van der Waals surface area contributed by atoms with Gasteiger partial charge in [-0.15, -0.1) is 0 Å². The van der Waals surface area contributed by atoms with Gasteiger partial charge in [-0.05, 0) is 41.3 Å². The zero-order chi connectivity index (χ0) is 12.3. The van der Waals surface area contributed by atoms with Crippen LogP contribution in [0.15, 0.2) is 0 Å². The zero-order valence-corrected chi connectivity index (χ0v) is 10.8. The molecule has 4 nitrogen and oxygen atoms in total. The lowest BCUT2D eigenvalue weighted by atomic mass is 9.98. The Labute approximate surface area is 93.2 Å². The van der Waals surface area contributed by atoms with Gasteiger partial charge in [0.1, 0.15) is 0 Å². The van der Waals surface area contributed by atoms with Crippen LogP contribution in [0.2, 0.25) is 0 Å². The number of hydrogen-bond acceptors (Lipinski definition) is 3. The van der Waals surface area contributed by atoms with Crippen molar-refractivity contribution in [3.8, 4) is 0 Å². The van der Waals surface area contributed by atoms with Crippen LogP contribution in [0.25, 0.3) is 0 Å².